The van der Waals surface area contributed by atoms with E-state index in [0.717, 1.165) is 12.4 Å². The van der Waals surface area contributed by atoms with Crippen LogP contribution in [0.4, 0.5) is 10.2 Å². The third kappa shape index (κ3) is 3.46. The molecule has 1 rings (SSSR count). The van der Waals surface area contributed by atoms with Gasteiger partial charge in [-0.2, -0.15) is 4.39 Å². The van der Waals surface area contributed by atoms with Crippen molar-refractivity contribution in [1.29, 1.82) is 0 Å². The van der Waals surface area contributed by atoms with Crippen LogP contribution in [0.1, 0.15) is 6.42 Å². The largest absolute Gasteiger partial charge is 0.370 e. The van der Waals surface area contributed by atoms with Crippen LogP contribution in [0.5, 0.6) is 0 Å². The van der Waals surface area contributed by atoms with Gasteiger partial charge in [-0.15, -0.1) is 0 Å². The first-order valence-corrected chi connectivity index (χ1v) is 3.68. The van der Waals surface area contributed by atoms with Crippen molar-refractivity contribution in [3.8, 4) is 0 Å². The molecule has 1 aromatic heterocycles. The summed E-state index contributed by atoms with van der Waals surface area (Å²) in [6.07, 6.45) is 1.29. The van der Waals surface area contributed by atoms with Crippen LogP contribution in [0.2, 0.25) is 0 Å². The van der Waals surface area contributed by atoms with Crippen molar-refractivity contribution in [2.75, 3.05) is 11.9 Å². The van der Waals surface area contributed by atoms with Crippen molar-refractivity contribution in [3.05, 3.63) is 18.3 Å². The van der Waals surface area contributed by atoms with Crippen molar-refractivity contribution in [3.63, 3.8) is 0 Å². The smallest absolute Gasteiger partial charge is 0.219 e. The lowest BCUT2D eigenvalue weighted by Crippen LogP contribution is -2.16. The van der Waals surface area contributed by atoms with Crippen LogP contribution >= 0.6 is 0 Å². The molecule has 0 atom stereocenters. The summed E-state index contributed by atoms with van der Waals surface area (Å²) in [5, 5.41) is 2.72. The van der Waals surface area contributed by atoms with Crippen LogP contribution in [-0.4, -0.2) is 22.4 Å². The Kier molecular flexibility index (Phi) is 3.13. The fourth-order valence-electron chi connectivity index (χ4n) is 0.744. The highest BCUT2D eigenvalue weighted by atomic mass is 19.1. The first-order chi connectivity index (χ1) is 6.18. The van der Waals surface area contributed by atoms with Gasteiger partial charge in [-0.25, -0.2) is 9.97 Å². The molecular weight excluding hydrogens is 175 g/mol. The van der Waals surface area contributed by atoms with Crippen LogP contribution in [-0.2, 0) is 4.79 Å². The van der Waals surface area contributed by atoms with Crippen LogP contribution in [0.25, 0.3) is 0 Å². The zero-order chi connectivity index (χ0) is 9.68. The molecule has 0 bridgehead atoms. The molecule has 3 N–H and O–H groups in total. The third-order valence-electron chi connectivity index (χ3n) is 1.31. The molecule has 5 nitrogen and oxygen atoms in total. The second-order valence-electron chi connectivity index (χ2n) is 2.37. The molecule has 0 spiro atoms. The van der Waals surface area contributed by atoms with E-state index >= 15 is 0 Å². The number of primary amides is 1. The molecule has 0 aliphatic rings. The van der Waals surface area contributed by atoms with Gasteiger partial charge in [-0.3, -0.25) is 4.79 Å². The molecule has 1 heterocycles. The molecule has 0 fully saturated rings. The molecule has 0 radical (unpaired) electrons. The fraction of sp³-hybridized carbons (Fsp3) is 0.286. The van der Waals surface area contributed by atoms with Crippen molar-refractivity contribution in [2.24, 2.45) is 5.73 Å². The number of nitrogens with one attached hydrogen (secondary N) is 1. The van der Waals surface area contributed by atoms with E-state index in [9.17, 15) is 9.18 Å². The number of amides is 1. The molecule has 0 saturated carbocycles. The van der Waals surface area contributed by atoms with E-state index in [0.29, 0.717) is 12.4 Å². The lowest BCUT2D eigenvalue weighted by Gasteiger charge is -2.02. The molecule has 13 heavy (non-hydrogen) atoms. The molecule has 0 saturated heterocycles. The van der Waals surface area contributed by atoms with E-state index in [1.54, 1.807) is 0 Å². The fourth-order valence-corrected chi connectivity index (χ4v) is 0.744. The Balaban J connectivity index is 2.41. The van der Waals surface area contributed by atoms with Gasteiger partial charge in [0.25, 0.3) is 0 Å². The summed E-state index contributed by atoms with van der Waals surface area (Å²) in [5.41, 5.74) is 4.90. The number of carbonyl (C=O) groups is 1. The predicted molar refractivity (Wildman–Crippen MR) is 44.3 cm³/mol. The Morgan fingerprint density at radius 1 is 1.62 bits per heavy atom. The number of carbonyl (C=O) groups excluding carboxylic acids is 1. The van der Waals surface area contributed by atoms with E-state index in [2.05, 4.69) is 15.3 Å². The first kappa shape index (κ1) is 9.37. The van der Waals surface area contributed by atoms with Gasteiger partial charge >= 0.3 is 0 Å². The molecule has 0 aliphatic heterocycles. The molecule has 1 aromatic rings. The number of hydrogen-bond donors (Lipinski definition) is 2. The lowest BCUT2D eigenvalue weighted by atomic mass is 10.4. The number of anilines is 1. The maximum atomic E-state index is 12.5. The molecule has 0 aliphatic carbocycles. The molecule has 0 unspecified atom stereocenters. The number of rotatable bonds is 4. The summed E-state index contributed by atoms with van der Waals surface area (Å²) in [7, 11) is 0. The van der Waals surface area contributed by atoms with Gasteiger partial charge in [0.05, 0.1) is 0 Å². The van der Waals surface area contributed by atoms with Gasteiger partial charge in [0.2, 0.25) is 11.9 Å². The topological polar surface area (TPSA) is 80.9 Å². The number of nitrogens with zero attached hydrogens (tertiary/aromatic N) is 2. The van der Waals surface area contributed by atoms with Crippen LogP contribution in [0, 0.1) is 5.95 Å². The zero-order valence-corrected chi connectivity index (χ0v) is 6.83. The van der Waals surface area contributed by atoms with Crippen molar-refractivity contribution < 1.29 is 9.18 Å². The Bertz CT molecular complexity index is 304. The first-order valence-electron chi connectivity index (χ1n) is 3.68. The highest BCUT2D eigenvalue weighted by Gasteiger charge is 1.97. The molecule has 1 amide bonds. The summed E-state index contributed by atoms with van der Waals surface area (Å²) in [6, 6.07) is 1.14. The molecule has 0 aromatic carbocycles. The molecule has 6 heteroatoms. The normalized spacial score (nSPS) is 9.62. The Morgan fingerprint density at radius 2 is 2.38 bits per heavy atom. The van der Waals surface area contributed by atoms with Crippen LogP contribution in [0.3, 0.4) is 0 Å². The highest BCUT2D eigenvalue weighted by Crippen LogP contribution is 2.01. The monoisotopic (exact) mass is 184 g/mol. The summed E-state index contributed by atoms with van der Waals surface area (Å²) in [5.74, 6) is -0.688. The zero-order valence-electron chi connectivity index (χ0n) is 6.83. The van der Waals surface area contributed by atoms with Gasteiger partial charge in [-0.05, 0) is 0 Å². The van der Waals surface area contributed by atoms with E-state index in [1.165, 1.54) is 0 Å². The Labute approximate surface area is 74.2 Å². The predicted octanol–water partition coefficient (Wildman–Crippen LogP) is -0.0970. The lowest BCUT2D eigenvalue weighted by molar-refractivity contribution is -0.117. The van der Waals surface area contributed by atoms with E-state index in [4.69, 9.17) is 5.73 Å². The number of hydrogen-bond acceptors (Lipinski definition) is 4. The maximum Gasteiger partial charge on any atom is 0.219 e. The standard InChI is InChI=1S/C7H9FN4O/c8-5-3-7(12-4-11-5)10-2-1-6(9)13/h3-4H,1-2H2,(H2,9,13)(H,10,11,12). The Morgan fingerprint density at radius 3 is 3.00 bits per heavy atom. The number of nitrogens with two attached hydrogens (primary N) is 1. The van der Waals surface area contributed by atoms with E-state index in [1.807, 2.05) is 0 Å². The average molecular weight is 184 g/mol. The van der Waals surface area contributed by atoms with Crippen LogP contribution in [0.15, 0.2) is 12.4 Å². The second kappa shape index (κ2) is 4.34. The van der Waals surface area contributed by atoms with Crippen molar-refractivity contribution in [1.82, 2.24) is 9.97 Å². The minimum absolute atomic E-state index is 0.186. The third-order valence-corrected chi connectivity index (χ3v) is 1.31. The van der Waals surface area contributed by atoms with Gasteiger partial charge in [0.1, 0.15) is 12.1 Å². The summed E-state index contributed by atoms with van der Waals surface area (Å²) in [6.45, 7) is 0.339. The quantitative estimate of drug-likeness (QED) is 0.640. The SMILES string of the molecule is NC(=O)CCNc1cc(F)ncn1. The average Bonchev–Trinajstić information content (AvgIpc) is 2.03. The van der Waals surface area contributed by atoms with Crippen molar-refractivity contribution in [2.45, 2.75) is 6.42 Å². The maximum absolute atomic E-state index is 12.5. The molecule has 70 valence electrons. The van der Waals surface area contributed by atoms with Gasteiger partial charge < -0.3 is 11.1 Å². The minimum Gasteiger partial charge on any atom is -0.370 e. The summed E-state index contributed by atoms with van der Waals surface area (Å²) >= 11 is 0. The minimum atomic E-state index is -0.614. The van der Waals surface area contributed by atoms with Crippen molar-refractivity contribution >= 4 is 11.7 Å². The second-order valence-corrected chi connectivity index (χ2v) is 2.37. The highest BCUT2D eigenvalue weighted by molar-refractivity contribution is 5.74. The summed E-state index contributed by atoms with van der Waals surface area (Å²) in [4.78, 5) is 17.3. The molecular formula is C7H9FN4O. The van der Waals surface area contributed by atoms with Gasteiger partial charge in [0.15, 0.2) is 0 Å². The van der Waals surface area contributed by atoms with E-state index < -0.39 is 11.9 Å². The Hall–Kier alpha value is -1.72. The van der Waals surface area contributed by atoms with Gasteiger partial charge in [0, 0.05) is 19.0 Å². The number of aromatic nitrogens is 2. The summed E-state index contributed by atoms with van der Waals surface area (Å²) < 4.78 is 12.5. The van der Waals surface area contributed by atoms with Gasteiger partial charge in [-0.1, -0.05) is 0 Å². The van der Waals surface area contributed by atoms with Crippen LogP contribution < -0.4 is 11.1 Å². The number of halogens is 1. The van der Waals surface area contributed by atoms with E-state index in [-0.39, 0.29) is 6.42 Å².